The first-order valence-electron chi connectivity index (χ1n) is 8.15. The Morgan fingerprint density at radius 3 is 2.96 bits per heavy atom. The lowest BCUT2D eigenvalue weighted by Crippen LogP contribution is -2.34. The Morgan fingerprint density at radius 1 is 1.43 bits per heavy atom. The fourth-order valence-electron chi connectivity index (χ4n) is 3.20. The third-order valence-electron chi connectivity index (χ3n) is 4.31. The van der Waals surface area contributed by atoms with Gasteiger partial charge in [-0.1, -0.05) is 6.07 Å². The molecule has 1 aliphatic rings. The van der Waals surface area contributed by atoms with Crippen molar-refractivity contribution in [2.45, 2.75) is 58.2 Å². The number of carbonyl (C=O) groups is 1. The van der Waals surface area contributed by atoms with Crippen LogP contribution in [-0.4, -0.2) is 38.0 Å². The zero-order valence-corrected chi connectivity index (χ0v) is 14.8. The van der Waals surface area contributed by atoms with Gasteiger partial charge in [0.2, 0.25) is 0 Å². The van der Waals surface area contributed by atoms with E-state index in [0.717, 1.165) is 36.6 Å². The number of aromatic nitrogens is 3. The summed E-state index contributed by atoms with van der Waals surface area (Å²) in [5, 5.41) is 6.33. The Bertz CT molecular complexity index is 656. The van der Waals surface area contributed by atoms with E-state index in [1.54, 1.807) is 6.33 Å². The molecule has 0 amide bonds. The Labute approximate surface area is 141 Å². The van der Waals surface area contributed by atoms with Gasteiger partial charge in [0.1, 0.15) is 12.2 Å². The molecule has 1 saturated heterocycles. The molecule has 1 aliphatic heterocycles. The summed E-state index contributed by atoms with van der Waals surface area (Å²) >= 11 is 1.53. The molecule has 0 spiro atoms. The number of rotatable bonds is 5. The van der Waals surface area contributed by atoms with Gasteiger partial charge in [-0.15, -0.1) is 11.3 Å². The maximum Gasteiger partial charge on any atom is 0.174 e. The van der Waals surface area contributed by atoms with Crippen molar-refractivity contribution in [2.24, 2.45) is 0 Å². The third-order valence-corrected chi connectivity index (χ3v) is 5.23. The fourth-order valence-corrected chi connectivity index (χ4v) is 3.88. The highest BCUT2D eigenvalue weighted by molar-refractivity contribution is 7.12. The summed E-state index contributed by atoms with van der Waals surface area (Å²) in [7, 11) is 0. The van der Waals surface area contributed by atoms with E-state index in [-0.39, 0.29) is 11.3 Å². The topological polar surface area (TPSA) is 51.0 Å². The number of nitrogens with zero attached hydrogens (tertiary/aromatic N) is 4. The van der Waals surface area contributed by atoms with Gasteiger partial charge in [0.25, 0.3) is 0 Å². The van der Waals surface area contributed by atoms with E-state index < -0.39 is 0 Å². The molecule has 0 radical (unpaired) electrons. The molecule has 6 heteroatoms. The van der Waals surface area contributed by atoms with Crippen LogP contribution in [-0.2, 0) is 12.1 Å². The van der Waals surface area contributed by atoms with Crippen LogP contribution in [0.2, 0.25) is 0 Å². The van der Waals surface area contributed by atoms with Gasteiger partial charge in [-0.2, -0.15) is 5.10 Å². The van der Waals surface area contributed by atoms with Gasteiger partial charge >= 0.3 is 0 Å². The molecule has 0 N–H and O–H groups in total. The van der Waals surface area contributed by atoms with Crippen molar-refractivity contribution in [1.82, 2.24) is 19.7 Å². The minimum absolute atomic E-state index is 0.0756. The number of likely N-dealkylation sites (tertiary alicyclic amines) is 1. The van der Waals surface area contributed by atoms with Crippen LogP contribution in [0.4, 0.5) is 0 Å². The Kier molecular flexibility index (Phi) is 4.64. The van der Waals surface area contributed by atoms with Gasteiger partial charge < -0.3 is 0 Å². The van der Waals surface area contributed by atoms with Crippen molar-refractivity contribution in [3.8, 4) is 0 Å². The van der Waals surface area contributed by atoms with Crippen molar-refractivity contribution < 1.29 is 4.79 Å². The standard InChI is InChI=1S/C17H24N4OS/c1-17(2,3)21-16(18-12-19-21)11-20-8-4-6-13(20)10-14(22)15-7-5-9-23-15/h5,7,9,12-13H,4,6,8,10-11H2,1-3H3/t13-/m0/s1. The number of Topliss-reactive ketones (excluding diaryl/α,β-unsaturated/α-hetero) is 1. The number of thiophene rings is 1. The van der Waals surface area contributed by atoms with E-state index in [4.69, 9.17) is 0 Å². The van der Waals surface area contributed by atoms with E-state index in [9.17, 15) is 4.79 Å². The first-order valence-corrected chi connectivity index (χ1v) is 9.03. The van der Waals surface area contributed by atoms with Crippen LogP contribution in [0.1, 0.15) is 55.5 Å². The maximum absolute atomic E-state index is 12.4. The Balaban J connectivity index is 1.68. The van der Waals surface area contributed by atoms with Crippen LogP contribution in [0.5, 0.6) is 0 Å². The first kappa shape index (κ1) is 16.3. The molecule has 124 valence electrons. The molecule has 3 heterocycles. The van der Waals surface area contributed by atoms with E-state index in [2.05, 4.69) is 35.8 Å². The second-order valence-electron chi connectivity index (χ2n) is 7.13. The van der Waals surface area contributed by atoms with Gasteiger partial charge in [-0.05, 0) is 51.6 Å². The molecular weight excluding hydrogens is 308 g/mol. The van der Waals surface area contributed by atoms with Crippen LogP contribution in [0.3, 0.4) is 0 Å². The van der Waals surface area contributed by atoms with Gasteiger partial charge in [0.15, 0.2) is 5.78 Å². The number of hydrogen-bond donors (Lipinski definition) is 0. The summed E-state index contributed by atoms with van der Waals surface area (Å²) in [5.74, 6) is 1.24. The quantitative estimate of drug-likeness (QED) is 0.788. The summed E-state index contributed by atoms with van der Waals surface area (Å²) in [6.45, 7) is 8.19. The summed E-state index contributed by atoms with van der Waals surface area (Å²) in [6, 6.07) is 4.17. The van der Waals surface area contributed by atoms with Crippen LogP contribution in [0, 0.1) is 0 Å². The highest BCUT2D eigenvalue weighted by Gasteiger charge is 2.29. The van der Waals surface area contributed by atoms with Crippen molar-refractivity contribution in [2.75, 3.05) is 6.54 Å². The molecule has 2 aromatic heterocycles. The number of ketones is 1. The van der Waals surface area contributed by atoms with Gasteiger partial charge in [-0.25, -0.2) is 9.67 Å². The van der Waals surface area contributed by atoms with E-state index in [1.807, 2.05) is 22.2 Å². The SMILES string of the molecule is CC(C)(C)n1ncnc1CN1CCC[C@H]1CC(=O)c1cccs1. The van der Waals surface area contributed by atoms with Crippen molar-refractivity contribution in [1.29, 1.82) is 0 Å². The van der Waals surface area contributed by atoms with Crippen LogP contribution in [0.25, 0.3) is 0 Å². The molecule has 0 unspecified atom stereocenters. The summed E-state index contributed by atoms with van der Waals surface area (Å²) in [6.07, 6.45) is 4.46. The van der Waals surface area contributed by atoms with Crippen molar-refractivity contribution in [3.63, 3.8) is 0 Å². The second-order valence-corrected chi connectivity index (χ2v) is 8.08. The van der Waals surface area contributed by atoms with Crippen LogP contribution >= 0.6 is 11.3 Å². The molecule has 0 saturated carbocycles. The lowest BCUT2D eigenvalue weighted by molar-refractivity contribution is 0.0939. The Hall–Kier alpha value is -1.53. The van der Waals surface area contributed by atoms with Crippen molar-refractivity contribution >= 4 is 17.1 Å². The molecule has 5 nitrogen and oxygen atoms in total. The molecule has 2 aromatic rings. The average Bonchev–Trinajstić information content (AvgIpc) is 3.19. The zero-order valence-electron chi connectivity index (χ0n) is 14.0. The average molecular weight is 332 g/mol. The van der Waals surface area contributed by atoms with Crippen LogP contribution in [0.15, 0.2) is 23.8 Å². The lowest BCUT2D eigenvalue weighted by atomic mass is 10.1. The lowest BCUT2D eigenvalue weighted by Gasteiger charge is -2.26. The summed E-state index contributed by atoms with van der Waals surface area (Å²) in [4.78, 5) is 20.1. The number of hydrogen-bond acceptors (Lipinski definition) is 5. The van der Waals surface area contributed by atoms with Gasteiger partial charge in [0.05, 0.1) is 17.0 Å². The normalized spacial score (nSPS) is 19.3. The third kappa shape index (κ3) is 3.70. The molecule has 0 aliphatic carbocycles. The first-order chi connectivity index (χ1) is 10.9. The van der Waals surface area contributed by atoms with E-state index in [0.29, 0.717) is 12.5 Å². The zero-order chi connectivity index (χ0) is 16.4. The second kappa shape index (κ2) is 6.53. The van der Waals surface area contributed by atoms with Gasteiger partial charge in [0, 0.05) is 12.5 Å². The van der Waals surface area contributed by atoms with Crippen molar-refractivity contribution in [3.05, 3.63) is 34.5 Å². The summed E-state index contributed by atoms with van der Waals surface area (Å²) < 4.78 is 1.99. The highest BCUT2D eigenvalue weighted by Crippen LogP contribution is 2.25. The minimum atomic E-state index is -0.0756. The molecule has 0 bridgehead atoms. The fraction of sp³-hybridized carbons (Fsp3) is 0.588. The largest absolute Gasteiger partial charge is 0.293 e. The number of carbonyl (C=O) groups excluding carboxylic acids is 1. The molecule has 1 fully saturated rings. The van der Waals surface area contributed by atoms with E-state index >= 15 is 0 Å². The van der Waals surface area contributed by atoms with Gasteiger partial charge in [-0.3, -0.25) is 9.69 Å². The monoisotopic (exact) mass is 332 g/mol. The predicted molar refractivity (Wildman–Crippen MR) is 91.7 cm³/mol. The predicted octanol–water partition coefficient (Wildman–Crippen LogP) is 3.33. The highest BCUT2D eigenvalue weighted by atomic mass is 32.1. The minimum Gasteiger partial charge on any atom is -0.293 e. The molecular formula is C17H24N4OS. The summed E-state index contributed by atoms with van der Waals surface area (Å²) in [5.41, 5.74) is -0.0756. The molecule has 23 heavy (non-hydrogen) atoms. The molecule has 3 rings (SSSR count). The molecule has 0 aromatic carbocycles. The smallest absolute Gasteiger partial charge is 0.174 e. The van der Waals surface area contributed by atoms with E-state index in [1.165, 1.54) is 11.3 Å². The van der Waals surface area contributed by atoms with Crippen LogP contribution < -0.4 is 0 Å². The molecule has 1 atom stereocenters. The Morgan fingerprint density at radius 2 is 2.26 bits per heavy atom. The maximum atomic E-state index is 12.4.